The fourth-order valence-electron chi connectivity index (χ4n) is 0.940. The highest BCUT2D eigenvalue weighted by Crippen LogP contribution is 2.14. The Morgan fingerprint density at radius 2 is 2.55 bits per heavy atom. The molecule has 55 valence electrons. The van der Waals surface area contributed by atoms with E-state index in [2.05, 4.69) is 11.2 Å². The van der Waals surface area contributed by atoms with Crippen LogP contribution in [-0.2, 0) is 0 Å². The van der Waals surface area contributed by atoms with Gasteiger partial charge in [0.05, 0.1) is 11.9 Å². The summed E-state index contributed by atoms with van der Waals surface area (Å²) >= 11 is 1.68. The van der Waals surface area contributed by atoms with Crippen LogP contribution in [0.4, 0.5) is 0 Å². The highest BCUT2D eigenvalue weighted by atomic mass is 32.1. The van der Waals surface area contributed by atoms with Gasteiger partial charge in [-0.15, -0.1) is 11.3 Å². The molecule has 0 spiro atoms. The third kappa shape index (κ3) is 1.07. The van der Waals surface area contributed by atoms with Gasteiger partial charge in [0.25, 0.3) is 0 Å². The number of hydrogen-bond donors (Lipinski definition) is 0. The fourth-order valence-corrected chi connectivity index (χ4v) is 1.68. The Labute approximate surface area is 69.1 Å². The molecule has 1 radical (unpaired) electrons. The van der Waals surface area contributed by atoms with E-state index in [-0.39, 0.29) is 0 Å². The summed E-state index contributed by atoms with van der Waals surface area (Å²) in [6, 6.07) is 7.07. The molecule has 0 atom stereocenters. The fraction of sp³-hybridized carbons (Fsp3) is 0.125. The maximum Gasteiger partial charge on any atom is 0.117 e. The average Bonchev–Trinajstić information content (AvgIpc) is 2.55. The molecular formula is C8H7N2S. The van der Waals surface area contributed by atoms with E-state index in [0.29, 0.717) is 0 Å². The molecule has 11 heavy (non-hydrogen) atoms. The minimum atomic E-state index is 1.05. The van der Waals surface area contributed by atoms with E-state index in [4.69, 9.17) is 0 Å². The first-order chi connectivity index (χ1) is 5.38. The van der Waals surface area contributed by atoms with Crippen molar-refractivity contribution < 1.29 is 0 Å². The highest BCUT2D eigenvalue weighted by molar-refractivity contribution is 7.12. The first kappa shape index (κ1) is 6.61. The predicted molar refractivity (Wildman–Crippen MR) is 45.0 cm³/mol. The zero-order valence-electron chi connectivity index (χ0n) is 6.11. The predicted octanol–water partition coefficient (Wildman–Crippen LogP) is 2.04. The minimum absolute atomic E-state index is 1.05. The molecule has 0 fully saturated rings. The summed E-state index contributed by atoms with van der Waals surface area (Å²) in [7, 11) is 0. The van der Waals surface area contributed by atoms with Crippen LogP contribution in [0.3, 0.4) is 0 Å². The summed E-state index contributed by atoms with van der Waals surface area (Å²) in [5.74, 6) is 0. The molecule has 2 heterocycles. The van der Waals surface area contributed by atoms with E-state index in [1.807, 2.05) is 29.1 Å². The molecular weight excluding hydrogens is 156 g/mol. The highest BCUT2D eigenvalue weighted by Gasteiger charge is 1.99. The molecule has 3 heteroatoms. The normalized spacial score (nSPS) is 10.3. The Balaban J connectivity index is 2.53. The molecule has 0 aliphatic heterocycles. The molecule has 0 N–H and O–H groups in total. The molecule has 0 aliphatic carbocycles. The zero-order chi connectivity index (χ0) is 7.68. The van der Waals surface area contributed by atoms with E-state index in [0.717, 1.165) is 10.7 Å². The van der Waals surface area contributed by atoms with Crippen molar-refractivity contribution in [3.05, 3.63) is 35.5 Å². The van der Waals surface area contributed by atoms with E-state index < -0.39 is 0 Å². The lowest BCUT2D eigenvalue weighted by molar-refractivity contribution is 0.862. The first-order valence-corrected chi connectivity index (χ1v) is 4.22. The molecule has 0 saturated carbocycles. The minimum Gasteiger partial charge on any atom is -0.227 e. The van der Waals surface area contributed by atoms with Crippen LogP contribution in [0.1, 0.15) is 5.69 Å². The van der Waals surface area contributed by atoms with Gasteiger partial charge in [-0.25, -0.2) is 4.68 Å². The maximum atomic E-state index is 4.13. The molecule has 0 aliphatic rings. The van der Waals surface area contributed by atoms with Gasteiger partial charge in [0.15, 0.2) is 0 Å². The number of aryl methyl sites for hydroxylation is 1. The lowest BCUT2D eigenvalue weighted by Crippen LogP contribution is -1.94. The van der Waals surface area contributed by atoms with E-state index in [1.165, 1.54) is 0 Å². The van der Waals surface area contributed by atoms with Crippen LogP contribution < -0.4 is 0 Å². The van der Waals surface area contributed by atoms with E-state index in [1.54, 1.807) is 17.5 Å². The van der Waals surface area contributed by atoms with E-state index in [9.17, 15) is 0 Å². The summed E-state index contributed by atoms with van der Waals surface area (Å²) < 4.78 is 1.88. The van der Waals surface area contributed by atoms with Crippen molar-refractivity contribution in [1.82, 2.24) is 9.78 Å². The van der Waals surface area contributed by atoms with Crippen molar-refractivity contribution in [3.8, 4) is 5.00 Å². The van der Waals surface area contributed by atoms with Crippen molar-refractivity contribution in [2.24, 2.45) is 0 Å². The Morgan fingerprint density at radius 3 is 3.09 bits per heavy atom. The number of hydrogen-bond acceptors (Lipinski definition) is 2. The van der Waals surface area contributed by atoms with Gasteiger partial charge in [-0.1, -0.05) is 0 Å². The monoisotopic (exact) mass is 163 g/mol. The topological polar surface area (TPSA) is 17.8 Å². The van der Waals surface area contributed by atoms with Crippen LogP contribution in [0.5, 0.6) is 0 Å². The first-order valence-electron chi connectivity index (χ1n) is 3.34. The second kappa shape index (κ2) is 2.51. The average molecular weight is 163 g/mol. The van der Waals surface area contributed by atoms with Gasteiger partial charge in [-0.2, -0.15) is 5.10 Å². The lowest BCUT2D eigenvalue weighted by Gasteiger charge is -1.97. The lowest BCUT2D eigenvalue weighted by atomic mass is 10.5. The van der Waals surface area contributed by atoms with Crippen LogP contribution in [0.2, 0.25) is 0 Å². The van der Waals surface area contributed by atoms with Crippen molar-refractivity contribution in [2.75, 3.05) is 0 Å². The van der Waals surface area contributed by atoms with Crippen molar-refractivity contribution in [2.45, 2.75) is 6.92 Å². The summed E-state index contributed by atoms with van der Waals surface area (Å²) in [5, 5.41) is 7.31. The van der Waals surface area contributed by atoms with Crippen LogP contribution in [0, 0.1) is 13.0 Å². The summed E-state index contributed by atoms with van der Waals surface area (Å²) in [6.07, 6.45) is 1.69. The van der Waals surface area contributed by atoms with Crippen molar-refractivity contribution in [1.29, 1.82) is 0 Å². The third-order valence-corrected chi connectivity index (χ3v) is 2.32. The SMILES string of the molecule is Cc1[c]cnn1-c1cccs1. The second-order valence-electron chi connectivity index (χ2n) is 2.24. The molecule has 0 saturated heterocycles. The smallest absolute Gasteiger partial charge is 0.117 e. The number of rotatable bonds is 1. The van der Waals surface area contributed by atoms with Crippen LogP contribution in [0.25, 0.3) is 5.00 Å². The van der Waals surface area contributed by atoms with Gasteiger partial charge in [-0.05, 0) is 24.4 Å². The molecule has 2 aromatic heterocycles. The second-order valence-corrected chi connectivity index (χ2v) is 3.16. The van der Waals surface area contributed by atoms with Crippen molar-refractivity contribution in [3.63, 3.8) is 0 Å². The van der Waals surface area contributed by atoms with Crippen LogP contribution in [-0.4, -0.2) is 9.78 Å². The van der Waals surface area contributed by atoms with Crippen LogP contribution >= 0.6 is 11.3 Å². The summed E-state index contributed by atoms with van der Waals surface area (Å²) in [5.41, 5.74) is 1.05. The standard InChI is InChI=1S/C8H7N2S/c1-7-4-5-9-10(7)8-3-2-6-11-8/h2-3,5-6H,1H3. The van der Waals surface area contributed by atoms with Gasteiger partial charge < -0.3 is 0 Å². The van der Waals surface area contributed by atoms with Gasteiger partial charge in [-0.3, -0.25) is 0 Å². The third-order valence-electron chi connectivity index (χ3n) is 1.48. The zero-order valence-corrected chi connectivity index (χ0v) is 6.93. The summed E-state index contributed by atoms with van der Waals surface area (Å²) in [4.78, 5) is 0. The number of aromatic nitrogens is 2. The molecule has 2 aromatic rings. The quantitative estimate of drug-likeness (QED) is 0.629. The Kier molecular flexibility index (Phi) is 1.51. The largest absolute Gasteiger partial charge is 0.227 e. The molecule has 0 bridgehead atoms. The molecule has 0 amide bonds. The molecule has 0 aromatic carbocycles. The van der Waals surface area contributed by atoms with Gasteiger partial charge >= 0.3 is 0 Å². The van der Waals surface area contributed by atoms with Crippen LogP contribution in [0.15, 0.2) is 23.7 Å². The Morgan fingerprint density at radius 1 is 1.64 bits per heavy atom. The van der Waals surface area contributed by atoms with E-state index >= 15 is 0 Å². The van der Waals surface area contributed by atoms with Gasteiger partial charge in [0.1, 0.15) is 5.00 Å². The Bertz CT molecular complexity index is 335. The van der Waals surface area contributed by atoms with Gasteiger partial charge in [0, 0.05) is 6.07 Å². The van der Waals surface area contributed by atoms with Crippen molar-refractivity contribution >= 4 is 11.3 Å². The summed E-state index contributed by atoms with van der Waals surface area (Å²) in [6.45, 7) is 1.99. The molecule has 2 nitrogen and oxygen atoms in total. The Hall–Kier alpha value is -1.09. The molecule has 2 rings (SSSR count). The number of thiophene rings is 1. The number of nitrogens with zero attached hydrogens (tertiary/aromatic N) is 2. The van der Waals surface area contributed by atoms with Gasteiger partial charge in [0.2, 0.25) is 0 Å². The maximum absolute atomic E-state index is 4.13. The molecule has 0 unspecified atom stereocenters.